The van der Waals surface area contributed by atoms with Crippen LogP contribution in [0.2, 0.25) is 0 Å². The molecule has 0 aliphatic heterocycles. The van der Waals surface area contributed by atoms with E-state index in [1.807, 2.05) is 38.1 Å². The molecule has 0 aromatic heterocycles. The fourth-order valence-corrected chi connectivity index (χ4v) is 5.73. The van der Waals surface area contributed by atoms with E-state index in [1.54, 1.807) is 18.2 Å². The SMILES string of the molecule is CC[C@H](C(=O)NC1CCCC1)N(Cc1cccc(C)c1)C(=O)CN(c1ccc(OC)cc1OC)S(C)(=O)=O. The Hall–Kier alpha value is -3.27. The van der Waals surface area contributed by atoms with E-state index in [0.717, 1.165) is 47.4 Å². The number of hydrogen-bond acceptors (Lipinski definition) is 6. The molecule has 0 spiro atoms. The number of carbonyl (C=O) groups is 2. The van der Waals surface area contributed by atoms with E-state index in [1.165, 1.54) is 19.1 Å². The van der Waals surface area contributed by atoms with E-state index >= 15 is 0 Å². The normalized spacial score (nSPS) is 14.6. The molecule has 3 rings (SSSR count). The van der Waals surface area contributed by atoms with Gasteiger partial charge in [-0.1, -0.05) is 49.6 Å². The highest BCUT2D eigenvalue weighted by Gasteiger charge is 2.33. The molecule has 1 saturated carbocycles. The molecule has 1 atom stereocenters. The number of aryl methyl sites for hydroxylation is 1. The number of carbonyl (C=O) groups excluding carboxylic acids is 2. The third-order valence-corrected chi connectivity index (χ3v) is 7.98. The second kappa shape index (κ2) is 13.0. The van der Waals surface area contributed by atoms with Crippen molar-refractivity contribution >= 4 is 27.5 Å². The third kappa shape index (κ3) is 7.40. The number of sulfonamides is 1. The van der Waals surface area contributed by atoms with Crippen molar-refractivity contribution in [1.82, 2.24) is 10.2 Å². The van der Waals surface area contributed by atoms with Gasteiger partial charge in [-0.15, -0.1) is 0 Å². The number of amides is 2. The van der Waals surface area contributed by atoms with Crippen LogP contribution in [-0.4, -0.2) is 64.2 Å². The number of methoxy groups -OCH3 is 2. The Morgan fingerprint density at radius 2 is 1.79 bits per heavy atom. The minimum atomic E-state index is -3.89. The Kier molecular flexibility index (Phi) is 10.0. The summed E-state index contributed by atoms with van der Waals surface area (Å²) < 4.78 is 37.5. The van der Waals surface area contributed by atoms with Gasteiger partial charge in [0.25, 0.3) is 0 Å². The van der Waals surface area contributed by atoms with Crippen LogP contribution in [-0.2, 0) is 26.2 Å². The zero-order valence-electron chi connectivity index (χ0n) is 22.9. The zero-order chi connectivity index (χ0) is 27.9. The molecule has 208 valence electrons. The standard InChI is InChI=1S/C28H39N3O6S/c1-6-24(28(33)29-22-12-7-8-13-22)30(18-21-11-9-10-20(2)16-21)27(32)19-31(38(5,34)35)25-15-14-23(36-3)17-26(25)37-4/h9-11,14-17,22,24H,6-8,12-13,18-19H2,1-5H3,(H,29,33)/t24-/m1/s1. The summed E-state index contributed by atoms with van der Waals surface area (Å²) in [6.07, 6.45) is 5.42. The first kappa shape index (κ1) is 29.3. The molecule has 9 nitrogen and oxygen atoms in total. The highest BCUT2D eigenvalue weighted by atomic mass is 32.2. The molecule has 2 aromatic rings. The molecule has 1 N–H and O–H groups in total. The van der Waals surface area contributed by atoms with Crippen LogP contribution >= 0.6 is 0 Å². The van der Waals surface area contributed by atoms with Gasteiger partial charge in [-0.05, 0) is 43.9 Å². The van der Waals surface area contributed by atoms with Gasteiger partial charge in [-0.25, -0.2) is 8.42 Å². The van der Waals surface area contributed by atoms with Gasteiger partial charge in [0.15, 0.2) is 0 Å². The lowest BCUT2D eigenvalue weighted by atomic mass is 10.1. The van der Waals surface area contributed by atoms with E-state index in [4.69, 9.17) is 9.47 Å². The summed E-state index contributed by atoms with van der Waals surface area (Å²) in [5, 5.41) is 3.11. The van der Waals surface area contributed by atoms with E-state index in [-0.39, 0.29) is 29.9 Å². The molecule has 0 saturated heterocycles. The Balaban J connectivity index is 1.97. The van der Waals surface area contributed by atoms with Crippen molar-refractivity contribution in [2.24, 2.45) is 0 Å². The molecule has 1 fully saturated rings. The van der Waals surface area contributed by atoms with Crippen molar-refractivity contribution in [1.29, 1.82) is 0 Å². The van der Waals surface area contributed by atoms with Crippen molar-refractivity contribution in [3.8, 4) is 11.5 Å². The molecule has 2 amide bonds. The first-order valence-electron chi connectivity index (χ1n) is 12.9. The predicted octanol–water partition coefficient (Wildman–Crippen LogP) is 3.64. The smallest absolute Gasteiger partial charge is 0.244 e. The lowest BCUT2D eigenvalue weighted by molar-refractivity contribution is -0.140. The molecule has 1 aliphatic rings. The molecular weight excluding hydrogens is 506 g/mol. The summed E-state index contributed by atoms with van der Waals surface area (Å²) in [6.45, 7) is 3.51. The van der Waals surface area contributed by atoms with E-state index in [0.29, 0.717) is 12.2 Å². The van der Waals surface area contributed by atoms with Crippen LogP contribution in [0.5, 0.6) is 11.5 Å². The van der Waals surface area contributed by atoms with E-state index in [2.05, 4.69) is 5.32 Å². The maximum Gasteiger partial charge on any atom is 0.244 e. The highest BCUT2D eigenvalue weighted by molar-refractivity contribution is 7.92. The van der Waals surface area contributed by atoms with Crippen LogP contribution in [0.15, 0.2) is 42.5 Å². The van der Waals surface area contributed by atoms with Gasteiger partial charge >= 0.3 is 0 Å². The molecule has 10 heteroatoms. The molecule has 0 radical (unpaired) electrons. The third-order valence-electron chi connectivity index (χ3n) is 6.86. The summed E-state index contributed by atoms with van der Waals surface area (Å²) >= 11 is 0. The number of nitrogens with zero attached hydrogens (tertiary/aromatic N) is 2. The minimum absolute atomic E-state index is 0.101. The largest absolute Gasteiger partial charge is 0.497 e. The maximum atomic E-state index is 13.9. The summed E-state index contributed by atoms with van der Waals surface area (Å²) in [4.78, 5) is 28.8. The summed E-state index contributed by atoms with van der Waals surface area (Å²) in [7, 11) is -0.966. The van der Waals surface area contributed by atoms with Gasteiger partial charge in [-0.2, -0.15) is 0 Å². The van der Waals surface area contributed by atoms with Crippen molar-refractivity contribution in [3.05, 3.63) is 53.6 Å². The quantitative estimate of drug-likeness (QED) is 0.437. The van der Waals surface area contributed by atoms with Crippen LogP contribution in [0.1, 0.15) is 50.2 Å². The summed E-state index contributed by atoms with van der Waals surface area (Å²) in [5.74, 6) is 0.0384. The van der Waals surface area contributed by atoms with Gasteiger partial charge < -0.3 is 19.7 Å². The molecule has 0 bridgehead atoms. The zero-order valence-corrected chi connectivity index (χ0v) is 23.7. The van der Waals surface area contributed by atoms with Crippen LogP contribution in [0, 0.1) is 6.92 Å². The Bertz CT molecular complexity index is 1230. The number of rotatable bonds is 12. The van der Waals surface area contributed by atoms with Gasteiger partial charge in [0.05, 0.1) is 26.2 Å². The molecule has 1 aliphatic carbocycles. The first-order chi connectivity index (χ1) is 18.1. The van der Waals surface area contributed by atoms with Gasteiger partial charge in [0.1, 0.15) is 24.1 Å². The van der Waals surface area contributed by atoms with Gasteiger partial charge in [0.2, 0.25) is 21.8 Å². The Morgan fingerprint density at radius 3 is 2.37 bits per heavy atom. The second-order valence-corrected chi connectivity index (χ2v) is 11.6. The van der Waals surface area contributed by atoms with E-state index in [9.17, 15) is 18.0 Å². The predicted molar refractivity (Wildman–Crippen MR) is 148 cm³/mol. The average Bonchev–Trinajstić information content (AvgIpc) is 3.39. The van der Waals surface area contributed by atoms with Gasteiger partial charge in [0, 0.05) is 18.7 Å². The number of anilines is 1. The molecule has 0 unspecified atom stereocenters. The van der Waals surface area contributed by atoms with Gasteiger partial charge in [-0.3, -0.25) is 13.9 Å². The van der Waals surface area contributed by atoms with E-state index < -0.39 is 28.5 Å². The van der Waals surface area contributed by atoms with Crippen LogP contribution in [0.4, 0.5) is 5.69 Å². The second-order valence-electron chi connectivity index (χ2n) is 9.73. The van der Waals surface area contributed by atoms with Crippen molar-refractivity contribution < 1.29 is 27.5 Å². The molecular formula is C28H39N3O6S. The number of benzene rings is 2. The topological polar surface area (TPSA) is 105 Å². The summed E-state index contributed by atoms with van der Waals surface area (Å²) in [5.41, 5.74) is 2.10. The lowest BCUT2D eigenvalue weighted by Crippen LogP contribution is -2.53. The fourth-order valence-electron chi connectivity index (χ4n) is 4.88. The lowest BCUT2D eigenvalue weighted by Gasteiger charge is -2.33. The van der Waals surface area contributed by atoms with Crippen molar-refractivity contribution in [2.45, 2.75) is 64.6 Å². The molecule has 0 heterocycles. The fraction of sp³-hybridized carbons (Fsp3) is 0.500. The molecule has 38 heavy (non-hydrogen) atoms. The molecule has 2 aromatic carbocycles. The monoisotopic (exact) mass is 545 g/mol. The number of hydrogen-bond donors (Lipinski definition) is 1. The Labute approximate surface area is 226 Å². The van der Waals surface area contributed by atoms with Crippen LogP contribution < -0.4 is 19.1 Å². The Morgan fingerprint density at radius 1 is 1.08 bits per heavy atom. The van der Waals surface area contributed by atoms with Crippen molar-refractivity contribution in [2.75, 3.05) is 31.3 Å². The summed E-state index contributed by atoms with van der Waals surface area (Å²) in [6, 6.07) is 11.8. The van der Waals surface area contributed by atoms with Crippen molar-refractivity contribution in [3.63, 3.8) is 0 Å². The minimum Gasteiger partial charge on any atom is -0.497 e. The van der Waals surface area contributed by atoms with Crippen LogP contribution in [0.25, 0.3) is 0 Å². The number of ether oxygens (including phenoxy) is 2. The maximum absolute atomic E-state index is 13.9. The van der Waals surface area contributed by atoms with Crippen LogP contribution in [0.3, 0.4) is 0 Å². The number of nitrogens with one attached hydrogen (secondary N) is 1. The average molecular weight is 546 g/mol. The first-order valence-corrected chi connectivity index (χ1v) is 14.8. The highest BCUT2D eigenvalue weighted by Crippen LogP contribution is 2.34.